The van der Waals surface area contributed by atoms with Gasteiger partial charge in [0.2, 0.25) is 11.9 Å². The molecule has 2 heterocycles. The van der Waals surface area contributed by atoms with Crippen molar-refractivity contribution in [2.45, 2.75) is 25.6 Å². The van der Waals surface area contributed by atoms with Crippen molar-refractivity contribution < 1.29 is 22.8 Å². The van der Waals surface area contributed by atoms with E-state index in [0.29, 0.717) is 17.1 Å². The van der Waals surface area contributed by atoms with Gasteiger partial charge in [-0.15, -0.1) is 0 Å². The second-order valence-electron chi connectivity index (χ2n) is 6.53. The van der Waals surface area contributed by atoms with Gasteiger partial charge in [0.25, 0.3) is 5.91 Å². The fourth-order valence-electron chi connectivity index (χ4n) is 3.03. The normalized spacial score (nSPS) is 16.6. The van der Waals surface area contributed by atoms with E-state index in [1.807, 2.05) is 0 Å². The molecule has 11 heteroatoms. The molecule has 154 valence electrons. The van der Waals surface area contributed by atoms with Crippen LogP contribution in [0.25, 0.3) is 0 Å². The predicted octanol–water partition coefficient (Wildman–Crippen LogP) is 3.24. The zero-order chi connectivity index (χ0) is 21.2. The maximum Gasteiger partial charge on any atom is 0.434 e. The molecule has 0 aliphatic carbocycles. The highest BCUT2D eigenvalue weighted by atomic mass is 35.5. The summed E-state index contributed by atoms with van der Waals surface area (Å²) >= 11 is 5.86. The predicted molar refractivity (Wildman–Crippen MR) is 99.9 cm³/mol. The molecular weight excluding hydrogens is 411 g/mol. The van der Waals surface area contributed by atoms with E-state index in [-0.39, 0.29) is 31.0 Å². The van der Waals surface area contributed by atoms with Crippen molar-refractivity contribution in [3.63, 3.8) is 0 Å². The molecule has 0 unspecified atom stereocenters. The van der Waals surface area contributed by atoms with E-state index in [0.717, 1.165) is 6.20 Å². The number of carbonyl (C=O) groups is 2. The van der Waals surface area contributed by atoms with Crippen molar-refractivity contribution in [1.82, 2.24) is 20.2 Å². The van der Waals surface area contributed by atoms with Gasteiger partial charge in [-0.2, -0.15) is 13.2 Å². The molecule has 29 heavy (non-hydrogen) atoms. The molecule has 3 rings (SSSR count). The molecule has 0 radical (unpaired) electrons. The second-order valence-corrected chi connectivity index (χ2v) is 6.96. The Morgan fingerprint density at radius 3 is 2.72 bits per heavy atom. The third-order valence-electron chi connectivity index (χ3n) is 4.25. The van der Waals surface area contributed by atoms with Crippen molar-refractivity contribution >= 4 is 35.1 Å². The molecule has 0 spiro atoms. The summed E-state index contributed by atoms with van der Waals surface area (Å²) in [6.07, 6.45) is -3.53. The van der Waals surface area contributed by atoms with Gasteiger partial charge in [-0.25, -0.2) is 9.97 Å². The highest BCUT2D eigenvalue weighted by Gasteiger charge is 2.40. The van der Waals surface area contributed by atoms with Crippen LogP contribution in [-0.2, 0) is 11.0 Å². The Balaban J connectivity index is 1.85. The van der Waals surface area contributed by atoms with Gasteiger partial charge in [0.1, 0.15) is 0 Å². The highest BCUT2D eigenvalue weighted by Crippen LogP contribution is 2.32. The van der Waals surface area contributed by atoms with Crippen molar-refractivity contribution in [2.24, 2.45) is 0 Å². The minimum atomic E-state index is -4.85. The summed E-state index contributed by atoms with van der Waals surface area (Å²) in [7, 11) is 0. The number of benzene rings is 1. The first-order valence-corrected chi connectivity index (χ1v) is 9.04. The summed E-state index contributed by atoms with van der Waals surface area (Å²) in [5.74, 6) is -1.41. The minimum absolute atomic E-state index is 0.123. The van der Waals surface area contributed by atoms with Gasteiger partial charge in [-0.3, -0.25) is 9.59 Å². The Bertz CT molecular complexity index is 938. The molecule has 0 bridgehead atoms. The molecule has 1 aliphatic rings. The maximum atomic E-state index is 13.6. The van der Waals surface area contributed by atoms with E-state index in [1.165, 1.54) is 17.9 Å². The van der Waals surface area contributed by atoms with Crippen LogP contribution >= 0.6 is 11.6 Å². The molecule has 1 aromatic heterocycles. The topological polar surface area (TPSA) is 87.2 Å². The summed E-state index contributed by atoms with van der Waals surface area (Å²) in [4.78, 5) is 32.4. The van der Waals surface area contributed by atoms with E-state index in [2.05, 4.69) is 20.6 Å². The molecule has 2 aromatic rings. The largest absolute Gasteiger partial charge is 0.434 e. The Morgan fingerprint density at radius 1 is 1.31 bits per heavy atom. The minimum Gasteiger partial charge on any atom is -0.352 e. The number of nitrogens with zero attached hydrogens (tertiary/aromatic N) is 3. The van der Waals surface area contributed by atoms with E-state index in [9.17, 15) is 22.8 Å². The van der Waals surface area contributed by atoms with Crippen LogP contribution in [0.1, 0.15) is 29.4 Å². The molecular formula is C18H17ClF3N5O2. The number of hydrogen-bond donors (Lipinski definition) is 2. The third-order valence-corrected chi connectivity index (χ3v) is 4.49. The number of amides is 2. The van der Waals surface area contributed by atoms with E-state index < -0.39 is 23.3 Å². The number of carbonyl (C=O) groups excluding carboxylic acids is 2. The molecule has 0 saturated carbocycles. The molecule has 1 atom stereocenters. The van der Waals surface area contributed by atoms with Crippen molar-refractivity contribution in [3.05, 3.63) is 46.7 Å². The Hall–Kier alpha value is -2.88. The lowest BCUT2D eigenvalue weighted by Crippen LogP contribution is -2.38. The zero-order valence-corrected chi connectivity index (χ0v) is 16.0. The number of nitrogens with one attached hydrogen (secondary N) is 2. The summed E-state index contributed by atoms with van der Waals surface area (Å²) in [6.45, 7) is 1.69. The Labute approximate surface area is 169 Å². The second kappa shape index (κ2) is 8.24. The Kier molecular flexibility index (Phi) is 5.92. The summed E-state index contributed by atoms with van der Waals surface area (Å²) in [5.41, 5.74) is -1.56. The Morgan fingerprint density at radius 2 is 2.07 bits per heavy atom. The monoisotopic (exact) mass is 427 g/mol. The smallest absolute Gasteiger partial charge is 0.352 e. The van der Waals surface area contributed by atoms with E-state index >= 15 is 0 Å². The van der Waals surface area contributed by atoms with Crippen LogP contribution in [0.4, 0.5) is 24.8 Å². The molecule has 2 N–H and O–H groups in total. The highest BCUT2D eigenvalue weighted by molar-refractivity contribution is 6.30. The number of halogens is 4. The number of hydrogen-bond acceptors (Lipinski definition) is 5. The number of aromatic nitrogens is 2. The molecule has 7 nitrogen and oxygen atoms in total. The third kappa shape index (κ3) is 5.14. The molecule has 1 aliphatic heterocycles. The first-order valence-electron chi connectivity index (χ1n) is 8.66. The van der Waals surface area contributed by atoms with Crippen LogP contribution in [0.5, 0.6) is 0 Å². The van der Waals surface area contributed by atoms with Crippen LogP contribution in [0.15, 0.2) is 30.5 Å². The quantitative estimate of drug-likeness (QED) is 0.782. The van der Waals surface area contributed by atoms with Gasteiger partial charge in [0.05, 0.1) is 5.56 Å². The summed E-state index contributed by atoms with van der Waals surface area (Å²) < 4.78 is 40.7. The fourth-order valence-corrected chi connectivity index (χ4v) is 3.22. The van der Waals surface area contributed by atoms with Gasteiger partial charge in [-0.05, 0) is 24.6 Å². The SMILES string of the molecule is CC(=O)N[C@@H]1CCN(C(=O)c2cnc(Nc3cccc(Cl)c3)nc2C(F)(F)F)C1. The van der Waals surface area contributed by atoms with Gasteiger partial charge in [-0.1, -0.05) is 17.7 Å². The van der Waals surface area contributed by atoms with Crippen LogP contribution in [0.2, 0.25) is 5.02 Å². The van der Waals surface area contributed by atoms with Gasteiger partial charge < -0.3 is 15.5 Å². The first-order chi connectivity index (χ1) is 13.6. The van der Waals surface area contributed by atoms with Crippen molar-refractivity contribution in [2.75, 3.05) is 18.4 Å². The van der Waals surface area contributed by atoms with Crippen LogP contribution < -0.4 is 10.6 Å². The molecule has 2 amide bonds. The van der Waals surface area contributed by atoms with Crippen LogP contribution in [0, 0.1) is 0 Å². The standard InChI is InChI=1S/C18H17ClF3N5O2/c1-10(28)24-13-5-6-27(9-13)16(29)14-8-23-17(26-15(14)18(20,21)22)25-12-4-2-3-11(19)7-12/h2-4,7-8,13H,5-6,9H2,1H3,(H,24,28)(H,23,25,26)/t13-/m1/s1. The van der Waals surface area contributed by atoms with Crippen molar-refractivity contribution in [3.8, 4) is 0 Å². The lowest BCUT2D eigenvalue weighted by molar-refractivity contribution is -0.141. The lowest BCUT2D eigenvalue weighted by Gasteiger charge is -2.19. The van der Waals surface area contributed by atoms with E-state index in [4.69, 9.17) is 11.6 Å². The number of alkyl halides is 3. The fraction of sp³-hybridized carbons (Fsp3) is 0.333. The number of rotatable bonds is 4. The average Bonchev–Trinajstić information content (AvgIpc) is 3.08. The summed E-state index contributed by atoms with van der Waals surface area (Å²) in [6, 6.07) is 6.03. The van der Waals surface area contributed by atoms with Gasteiger partial charge in [0, 0.05) is 43.0 Å². The summed E-state index contributed by atoms with van der Waals surface area (Å²) in [5, 5.41) is 5.69. The van der Waals surface area contributed by atoms with Crippen molar-refractivity contribution in [1.29, 1.82) is 0 Å². The number of likely N-dealkylation sites (tertiary alicyclic amines) is 1. The van der Waals surface area contributed by atoms with Gasteiger partial charge in [0.15, 0.2) is 5.69 Å². The van der Waals surface area contributed by atoms with Gasteiger partial charge >= 0.3 is 6.18 Å². The molecule has 1 aromatic carbocycles. The zero-order valence-electron chi connectivity index (χ0n) is 15.3. The first kappa shape index (κ1) is 20.8. The maximum absolute atomic E-state index is 13.6. The van der Waals surface area contributed by atoms with E-state index in [1.54, 1.807) is 18.2 Å². The lowest BCUT2D eigenvalue weighted by atomic mass is 10.2. The molecule has 1 fully saturated rings. The van der Waals surface area contributed by atoms with Crippen LogP contribution in [0.3, 0.4) is 0 Å². The molecule has 1 saturated heterocycles. The average molecular weight is 428 g/mol. The van der Waals surface area contributed by atoms with Crippen LogP contribution in [-0.4, -0.2) is 45.8 Å². The number of anilines is 2.